The molecule has 0 saturated carbocycles. The van der Waals surface area contributed by atoms with Crippen molar-refractivity contribution >= 4 is 29.3 Å². The molecule has 3 amide bonds. The molecule has 4 N–H and O–H groups in total. The van der Waals surface area contributed by atoms with Gasteiger partial charge in [0.15, 0.2) is 0 Å². The first-order valence-electron chi connectivity index (χ1n) is 8.51. The van der Waals surface area contributed by atoms with Gasteiger partial charge in [-0.05, 0) is 63.1 Å². The van der Waals surface area contributed by atoms with Crippen molar-refractivity contribution in [3.63, 3.8) is 0 Å². The van der Waals surface area contributed by atoms with E-state index in [2.05, 4.69) is 16.0 Å². The van der Waals surface area contributed by atoms with Crippen LogP contribution in [0.2, 0.25) is 0 Å². The van der Waals surface area contributed by atoms with E-state index < -0.39 is 11.9 Å². The molecule has 0 unspecified atom stereocenters. The van der Waals surface area contributed by atoms with Gasteiger partial charge in [0.05, 0.1) is 5.56 Å². The summed E-state index contributed by atoms with van der Waals surface area (Å²) in [7, 11) is 0. The van der Waals surface area contributed by atoms with E-state index >= 15 is 0 Å². The number of benzene rings is 2. The van der Waals surface area contributed by atoms with Crippen LogP contribution >= 0.6 is 0 Å². The molecule has 0 heterocycles. The summed E-state index contributed by atoms with van der Waals surface area (Å²) in [6, 6.07) is 9.30. The molecule has 2 aromatic carbocycles. The van der Waals surface area contributed by atoms with E-state index in [0.717, 1.165) is 5.56 Å². The van der Waals surface area contributed by atoms with Gasteiger partial charge < -0.3 is 21.1 Å². The molecule has 7 nitrogen and oxygen atoms in total. The zero-order valence-electron chi connectivity index (χ0n) is 15.7. The summed E-state index contributed by atoms with van der Waals surface area (Å²) in [6.45, 7) is 7.19. The number of hydrogen-bond acceptors (Lipinski definition) is 3. The van der Waals surface area contributed by atoms with Crippen molar-refractivity contribution in [2.45, 2.75) is 33.7 Å². The predicted octanol–water partition coefficient (Wildman–Crippen LogP) is 3.78. The fourth-order valence-corrected chi connectivity index (χ4v) is 2.58. The van der Waals surface area contributed by atoms with Crippen LogP contribution in [0.5, 0.6) is 0 Å². The molecule has 0 aliphatic carbocycles. The molecule has 0 saturated heterocycles. The number of rotatable bonds is 5. The van der Waals surface area contributed by atoms with Gasteiger partial charge in [0.25, 0.3) is 5.91 Å². The average Bonchev–Trinajstić information content (AvgIpc) is 2.56. The van der Waals surface area contributed by atoms with Crippen molar-refractivity contribution in [1.82, 2.24) is 5.32 Å². The minimum Gasteiger partial charge on any atom is -0.478 e. The highest BCUT2D eigenvalue weighted by Crippen LogP contribution is 2.22. The van der Waals surface area contributed by atoms with E-state index in [-0.39, 0.29) is 17.6 Å². The second kappa shape index (κ2) is 8.35. The van der Waals surface area contributed by atoms with Crippen molar-refractivity contribution in [3.05, 3.63) is 58.7 Å². The summed E-state index contributed by atoms with van der Waals surface area (Å²) in [6.07, 6.45) is 0. The fraction of sp³-hybridized carbons (Fsp3) is 0.250. The van der Waals surface area contributed by atoms with Gasteiger partial charge in [0, 0.05) is 23.0 Å². The van der Waals surface area contributed by atoms with E-state index in [9.17, 15) is 19.5 Å². The summed E-state index contributed by atoms with van der Waals surface area (Å²) in [5, 5.41) is 17.4. The van der Waals surface area contributed by atoms with Crippen LogP contribution in [0.3, 0.4) is 0 Å². The number of carboxylic acids is 1. The van der Waals surface area contributed by atoms with Gasteiger partial charge in [-0.3, -0.25) is 4.79 Å². The van der Waals surface area contributed by atoms with E-state index in [0.29, 0.717) is 22.5 Å². The Morgan fingerprint density at radius 1 is 0.963 bits per heavy atom. The first kappa shape index (κ1) is 20.0. The summed E-state index contributed by atoms with van der Waals surface area (Å²) >= 11 is 0. The Bertz CT molecular complexity index is 891. The quantitative estimate of drug-likeness (QED) is 0.643. The molecule has 0 aromatic heterocycles. The molecule has 27 heavy (non-hydrogen) atoms. The van der Waals surface area contributed by atoms with Crippen LogP contribution < -0.4 is 16.0 Å². The standard InChI is InChI=1S/C20H23N3O4/c1-11(2)21-20(27)22-15-7-5-6-14(9-15)18(24)23-17-10-16(19(25)26)12(3)8-13(17)4/h5-11H,1-4H3,(H,23,24)(H,25,26)(H2,21,22,27). The van der Waals surface area contributed by atoms with Gasteiger partial charge in [0.2, 0.25) is 0 Å². The third-order valence-electron chi connectivity index (χ3n) is 3.85. The van der Waals surface area contributed by atoms with Crippen LogP contribution in [0.15, 0.2) is 36.4 Å². The third kappa shape index (κ3) is 5.31. The molecule has 2 aromatic rings. The van der Waals surface area contributed by atoms with Crippen LogP contribution in [-0.4, -0.2) is 29.1 Å². The molecule has 7 heteroatoms. The molecule has 0 radical (unpaired) electrons. The normalized spacial score (nSPS) is 10.4. The molecule has 0 atom stereocenters. The highest BCUT2D eigenvalue weighted by atomic mass is 16.4. The Morgan fingerprint density at radius 3 is 2.30 bits per heavy atom. The Kier molecular flexibility index (Phi) is 6.18. The number of nitrogens with one attached hydrogen (secondary N) is 3. The largest absolute Gasteiger partial charge is 0.478 e. The monoisotopic (exact) mass is 369 g/mol. The molecular formula is C20H23N3O4. The van der Waals surface area contributed by atoms with Crippen LogP contribution in [0.25, 0.3) is 0 Å². The number of carbonyl (C=O) groups is 3. The van der Waals surface area contributed by atoms with Crippen molar-refractivity contribution in [2.75, 3.05) is 10.6 Å². The zero-order chi connectivity index (χ0) is 20.1. The smallest absolute Gasteiger partial charge is 0.336 e. The number of urea groups is 1. The van der Waals surface area contributed by atoms with Crippen LogP contribution in [0, 0.1) is 13.8 Å². The molecule has 0 aliphatic rings. The lowest BCUT2D eigenvalue weighted by Crippen LogP contribution is -2.34. The van der Waals surface area contributed by atoms with Gasteiger partial charge >= 0.3 is 12.0 Å². The maximum Gasteiger partial charge on any atom is 0.336 e. The van der Waals surface area contributed by atoms with Crippen LogP contribution in [-0.2, 0) is 0 Å². The van der Waals surface area contributed by atoms with E-state index in [1.54, 1.807) is 44.2 Å². The molecule has 0 aliphatic heterocycles. The predicted molar refractivity (Wildman–Crippen MR) is 105 cm³/mol. The molecule has 2 rings (SSSR count). The molecule has 0 bridgehead atoms. The summed E-state index contributed by atoms with van der Waals surface area (Å²) in [4.78, 5) is 35.7. The lowest BCUT2D eigenvalue weighted by molar-refractivity contribution is 0.0695. The summed E-state index contributed by atoms with van der Waals surface area (Å²) in [5.41, 5.74) is 2.77. The van der Waals surface area contributed by atoms with Crippen molar-refractivity contribution < 1.29 is 19.5 Å². The average molecular weight is 369 g/mol. The Labute approximate surface area is 157 Å². The minimum absolute atomic E-state index is 0.00979. The Hall–Kier alpha value is -3.35. The molecular weight excluding hydrogens is 346 g/mol. The van der Waals surface area contributed by atoms with Crippen LogP contribution in [0.4, 0.5) is 16.2 Å². The van der Waals surface area contributed by atoms with Gasteiger partial charge in [-0.15, -0.1) is 0 Å². The Morgan fingerprint density at radius 2 is 1.67 bits per heavy atom. The first-order chi connectivity index (χ1) is 12.7. The highest BCUT2D eigenvalue weighted by molar-refractivity contribution is 6.06. The number of anilines is 2. The topological polar surface area (TPSA) is 108 Å². The zero-order valence-corrected chi connectivity index (χ0v) is 15.7. The number of hydrogen-bond donors (Lipinski definition) is 4. The maximum absolute atomic E-state index is 12.6. The lowest BCUT2D eigenvalue weighted by Gasteiger charge is -2.13. The molecule has 0 fully saturated rings. The second-order valence-corrected chi connectivity index (χ2v) is 6.58. The maximum atomic E-state index is 12.6. The molecule has 142 valence electrons. The van der Waals surface area contributed by atoms with E-state index in [1.165, 1.54) is 6.07 Å². The number of amides is 3. The van der Waals surface area contributed by atoms with Gasteiger partial charge in [-0.2, -0.15) is 0 Å². The van der Waals surface area contributed by atoms with Gasteiger partial charge in [0.1, 0.15) is 0 Å². The van der Waals surface area contributed by atoms with Gasteiger partial charge in [-0.1, -0.05) is 12.1 Å². The minimum atomic E-state index is -1.05. The number of carboxylic acid groups (broad SMARTS) is 1. The Balaban J connectivity index is 2.19. The van der Waals surface area contributed by atoms with Crippen molar-refractivity contribution in [2.24, 2.45) is 0 Å². The van der Waals surface area contributed by atoms with E-state index in [4.69, 9.17) is 0 Å². The van der Waals surface area contributed by atoms with Crippen molar-refractivity contribution in [1.29, 1.82) is 0 Å². The summed E-state index contributed by atoms with van der Waals surface area (Å²) in [5.74, 6) is -1.45. The number of aryl methyl sites for hydroxylation is 2. The third-order valence-corrected chi connectivity index (χ3v) is 3.85. The SMILES string of the molecule is Cc1cc(C)c(C(=O)O)cc1NC(=O)c1cccc(NC(=O)NC(C)C)c1. The van der Waals surface area contributed by atoms with Crippen molar-refractivity contribution in [3.8, 4) is 0 Å². The lowest BCUT2D eigenvalue weighted by atomic mass is 10.0. The highest BCUT2D eigenvalue weighted by Gasteiger charge is 2.14. The van der Waals surface area contributed by atoms with Gasteiger partial charge in [-0.25, -0.2) is 9.59 Å². The second-order valence-electron chi connectivity index (χ2n) is 6.58. The van der Waals surface area contributed by atoms with Crippen LogP contribution in [0.1, 0.15) is 45.7 Å². The fourth-order valence-electron chi connectivity index (χ4n) is 2.58. The summed E-state index contributed by atoms with van der Waals surface area (Å²) < 4.78 is 0. The first-order valence-corrected chi connectivity index (χ1v) is 8.51. The number of aromatic carboxylic acids is 1. The molecule has 0 spiro atoms. The number of carbonyl (C=O) groups excluding carboxylic acids is 2. The van der Waals surface area contributed by atoms with E-state index in [1.807, 2.05) is 13.8 Å².